The third-order valence-electron chi connectivity index (χ3n) is 6.82. The fraction of sp³-hybridized carbons (Fsp3) is 0.429. The third-order valence-corrected chi connectivity index (χ3v) is 7.59. The average molecular weight is 476 g/mol. The van der Waals surface area contributed by atoms with Crippen LogP contribution in [-0.2, 0) is 4.74 Å². The van der Waals surface area contributed by atoms with Crippen LogP contribution in [0.2, 0.25) is 10.2 Å². The molecule has 2 atom stereocenters. The van der Waals surface area contributed by atoms with E-state index in [2.05, 4.69) is 20.1 Å². The van der Waals surface area contributed by atoms with E-state index in [1.807, 2.05) is 6.92 Å². The molecule has 2 saturated heterocycles. The largest absolute Gasteiger partial charge is 0.376 e. The molecule has 0 aliphatic carbocycles. The van der Waals surface area contributed by atoms with Gasteiger partial charge in [0.2, 0.25) is 5.91 Å². The minimum absolute atomic E-state index is 0.0105. The standard InChI is InChI=1S/C21H23Cl2N7O2/c1-10-17(24)21(9-32-10)3-6-30(7-4-21)13-8-12(19(25)31)14-16(28-29-20(14)27-13)11-2-5-26-18(23)15(11)22/h2,5,8,10,17H,3-4,6-7,9,24H2,1H3,(H2,25,31)(H,27,28,29)/t10-,17+/m0/s1. The van der Waals surface area contributed by atoms with Crippen LogP contribution in [-0.4, -0.2) is 57.9 Å². The number of primary amides is 1. The number of hydrogen-bond acceptors (Lipinski definition) is 7. The summed E-state index contributed by atoms with van der Waals surface area (Å²) in [5.41, 5.74) is 13.9. The SMILES string of the molecule is C[C@@H]1OCC2(CCN(c3cc(C(N)=O)c4c(-c5ccnc(Cl)c5Cl)[nH]nc4n3)CC2)[C@@H]1N. The summed E-state index contributed by atoms with van der Waals surface area (Å²) in [7, 11) is 0. The first-order valence-electron chi connectivity index (χ1n) is 10.4. The van der Waals surface area contributed by atoms with Crippen molar-refractivity contribution < 1.29 is 9.53 Å². The Morgan fingerprint density at radius 1 is 1.34 bits per heavy atom. The van der Waals surface area contributed by atoms with Gasteiger partial charge in [0, 0.05) is 36.3 Å². The molecule has 2 aliphatic rings. The molecule has 32 heavy (non-hydrogen) atoms. The Morgan fingerprint density at radius 3 is 2.75 bits per heavy atom. The molecule has 168 valence electrons. The van der Waals surface area contributed by atoms with Crippen molar-refractivity contribution in [2.75, 3.05) is 24.6 Å². The number of nitrogens with two attached hydrogens (primary N) is 2. The monoisotopic (exact) mass is 475 g/mol. The zero-order valence-corrected chi connectivity index (χ0v) is 19.0. The highest BCUT2D eigenvalue weighted by molar-refractivity contribution is 6.43. The predicted molar refractivity (Wildman–Crippen MR) is 123 cm³/mol. The molecule has 5 heterocycles. The quantitative estimate of drug-likeness (QED) is 0.495. The second-order valence-electron chi connectivity index (χ2n) is 8.54. The molecule has 0 aromatic carbocycles. The summed E-state index contributed by atoms with van der Waals surface area (Å²) in [5, 5.41) is 8.16. The number of amides is 1. The fourth-order valence-corrected chi connectivity index (χ4v) is 5.19. The fourth-order valence-electron chi connectivity index (χ4n) is 4.83. The smallest absolute Gasteiger partial charge is 0.249 e. The maximum atomic E-state index is 12.4. The van der Waals surface area contributed by atoms with Crippen molar-refractivity contribution in [1.82, 2.24) is 20.2 Å². The van der Waals surface area contributed by atoms with E-state index in [1.165, 1.54) is 6.20 Å². The first-order valence-corrected chi connectivity index (χ1v) is 11.2. The Labute approximate surface area is 194 Å². The number of rotatable bonds is 3. The number of nitrogens with zero attached hydrogens (tertiary/aromatic N) is 4. The van der Waals surface area contributed by atoms with Gasteiger partial charge in [-0.05, 0) is 31.9 Å². The number of nitrogens with one attached hydrogen (secondary N) is 1. The zero-order chi connectivity index (χ0) is 22.6. The number of pyridine rings is 2. The van der Waals surface area contributed by atoms with Gasteiger partial charge in [-0.1, -0.05) is 23.2 Å². The molecule has 9 nitrogen and oxygen atoms in total. The molecule has 1 spiro atoms. The number of anilines is 1. The van der Waals surface area contributed by atoms with Crippen molar-refractivity contribution in [2.45, 2.75) is 31.9 Å². The molecule has 2 aliphatic heterocycles. The average Bonchev–Trinajstić information content (AvgIpc) is 3.33. The highest BCUT2D eigenvalue weighted by atomic mass is 35.5. The van der Waals surface area contributed by atoms with Gasteiger partial charge in [0.05, 0.1) is 34.4 Å². The summed E-state index contributed by atoms with van der Waals surface area (Å²) >= 11 is 12.4. The maximum absolute atomic E-state index is 12.4. The molecule has 1 amide bonds. The number of piperidine rings is 1. The lowest BCUT2D eigenvalue weighted by atomic mass is 9.73. The van der Waals surface area contributed by atoms with Gasteiger partial charge in [-0.2, -0.15) is 5.10 Å². The minimum atomic E-state index is -0.578. The van der Waals surface area contributed by atoms with Crippen LogP contribution in [0.1, 0.15) is 30.1 Å². The van der Waals surface area contributed by atoms with E-state index in [-0.39, 0.29) is 27.7 Å². The zero-order valence-electron chi connectivity index (χ0n) is 17.4. The van der Waals surface area contributed by atoms with Crippen LogP contribution in [0.5, 0.6) is 0 Å². The van der Waals surface area contributed by atoms with E-state index >= 15 is 0 Å². The Bertz CT molecular complexity index is 1210. The van der Waals surface area contributed by atoms with Gasteiger partial charge in [-0.15, -0.1) is 0 Å². The van der Waals surface area contributed by atoms with Crippen molar-refractivity contribution >= 4 is 46.0 Å². The number of carbonyl (C=O) groups is 1. The van der Waals surface area contributed by atoms with E-state index in [0.29, 0.717) is 40.3 Å². The minimum Gasteiger partial charge on any atom is -0.376 e. The highest BCUT2D eigenvalue weighted by Crippen LogP contribution is 2.42. The summed E-state index contributed by atoms with van der Waals surface area (Å²) in [6, 6.07) is 3.43. The summed E-state index contributed by atoms with van der Waals surface area (Å²) in [5.74, 6) is 0.0738. The molecule has 11 heteroatoms. The molecule has 0 bridgehead atoms. The number of H-pyrrole nitrogens is 1. The number of aromatic amines is 1. The molecule has 5 rings (SSSR count). The van der Waals surface area contributed by atoms with Crippen LogP contribution < -0.4 is 16.4 Å². The Kier molecular flexibility index (Phi) is 5.24. The van der Waals surface area contributed by atoms with Crippen molar-refractivity contribution in [1.29, 1.82) is 0 Å². The van der Waals surface area contributed by atoms with Crippen LogP contribution in [0.3, 0.4) is 0 Å². The Hall–Kier alpha value is -2.46. The molecule has 0 radical (unpaired) electrons. The van der Waals surface area contributed by atoms with Gasteiger partial charge in [0.15, 0.2) is 5.65 Å². The van der Waals surface area contributed by atoms with Gasteiger partial charge in [-0.25, -0.2) is 9.97 Å². The van der Waals surface area contributed by atoms with Gasteiger partial charge in [-0.3, -0.25) is 9.89 Å². The highest BCUT2D eigenvalue weighted by Gasteiger charge is 2.47. The molecular formula is C21H23Cl2N7O2. The second-order valence-corrected chi connectivity index (χ2v) is 9.28. The normalized spacial score (nSPS) is 22.7. The number of aromatic nitrogens is 4. The Morgan fingerprint density at radius 2 is 2.09 bits per heavy atom. The predicted octanol–water partition coefficient (Wildman–Crippen LogP) is 2.76. The maximum Gasteiger partial charge on any atom is 0.249 e. The summed E-state index contributed by atoms with van der Waals surface area (Å²) in [4.78, 5) is 23.2. The molecular weight excluding hydrogens is 453 g/mol. The molecule has 3 aromatic heterocycles. The molecule has 5 N–H and O–H groups in total. The summed E-state index contributed by atoms with van der Waals surface area (Å²) in [6.07, 6.45) is 3.37. The number of halogens is 2. The lowest BCUT2D eigenvalue weighted by Crippen LogP contribution is -2.50. The first-order chi connectivity index (χ1) is 15.3. The number of fused-ring (bicyclic) bond motifs is 1. The van der Waals surface area contributed by atoms with E-state index in [9.17, 15) is 4.79 Å². The van der Waals surface area contributed by atoms with Crippen molar-refractivity contribution in [2.24, 2.45) is 16.9 Å². The topological polar surface area (TPSA) is 136 Å². The van der Waals surface area contributed by atoms with Crippen molar-refractivity contribution in [3.05, 3.63) is 34.1 Å². The molecule has 0 unspecified atom stereocenters. The van der Waals surface area contributed by atoms with E-state index in [1.54, 1.807) is 12.1 Å². The number of ether oxygens (including phenoxy) is 1. The van der Waals surface area contributed by atoms with Crippen LogP contribution in [0.15, 0.2) is 18.3 Å². The van der Waals surface area contributed by atoms with Crippen LogP contribution in [0.25, 0.3) is 22.3 Å². The summed E-state index contributed by atoms with van der Waals surface area (Å²) < 4.78 is 5.81. The lowest BCUT2D eigenvalue weighted by molar-refractivity contribution is 0.0974. The number of hydrogen-bond donors (Lipinski definition) is 3. The van der Waals surface area contributed by atoms with Crippen molar-refractivity contribution in [3.8, 4) is 11.3 Å². The van der Waals surface area contributed by atoms with E-state index in [0.717, 1.165) is 25.9 Å². The van der Waals surface area contributed by atoms with E-state index in [4.69, 9.17) is 44.4 Å². The van der Waals surface area contributed by atoms with Gasteiger partial charge in [0.1, 0.15) is 11.0 Å². The van der Waals surface area contributed by atoms with Crippen molar-refractivity contribution in [3.63, 3.8) is 0 Å². The van der Waals surface area contributed by atoms with Crippen LogP contribution in [0.4, 0.5) is 5.82 Å². The van der Waals surface area contributed by atoms with Gasteiger partial charge >= 0.3 is 0 Å². The number of carbonyl (C=O) groups excluding carboxylic acids is 1. The molecule has 0 saturated carbocycles. The molecule has 2 fully saturated rings. The van der Waals surface area contributed by atoms with Crippen LogP contribution in [0, 0.1) is 5.41 Å². The first kappa shape index (κ1) is 21.4. The second kappa shape index (κ2) is 7.84. The lowest BCUT2D eigenvalue weighted by Gasteiger charge is -2.41. The molecule has 3 aromatic rings. The third kappa shape index (κ3) is 3.31. The van der Waals surface area contributed by atoms with E-state index < -0.39 is 5.91 Å². The van der Waals surface area contributed by atoms with Gasteiger partial charge < -0.3 is 21.1 Å². The Balaban J connectivity index is 1.52. The van der Waals surface area contributed by atoms with Gasteiger partial charge in [0.25, 0.3) is 0 Å². The summed E-state index contributed by atoms with van der Waals surface area (Å²) in [6.45, 7) is 4.21. The van der Waals surface area contributed by atoms with Crippen LogP contribution >= 0.6 is 23.2 Å².